The molecule has 0 spiro atoms. The summed E-state index contributed by atoms with van der Waals surface area (Å²) in [6, 6.07) is 7.92. The van der Waals surface area contributed by atoms with Gasteiger partial charge in [-0.3, -0.25) is 4.79 Å². The fourth-order valence-electron chi connectivity index (χ4n) is 2.17. The topological polar surface area (TPSA) is 63.7 Å². The smallest absolute Gasteiger partial charge is 0.210 e. The van der Waals surface area contributed by atoms with E-state index < -0.39 is 15.6 Å². The van der Waals surface area contributed by atoms with Gasteiger partial charge in [-0.15, -0.1) is 0 Å². The minimum Gasteiger partial charge on any atom is -0.477 e. The first-order valence-corrected chi connectivity index (χ1v) is 8.74. The van der Waals surface area contributed by atoms with Crippen molar-refractivity contribution in [2.24, 2.45) is 0 Å². The van der Waals surface area contributed by atoms with E-state index >= 15 is 0 Å². The van der Waals surface area contributed by atoms with Crippen LogP contribution in [0.1, 0.15) is 20.8 Å². The van der Waals surface area contributed by atoms with Gasteiger partial charge in [0.25, 0.3) is 0 Å². The van der Waals surface area contributed by atoms with Gasteiger partial charge >= 0.3 is 0 Å². The van der Waals surface area contributed by atoms with E-state index in [1.54, 1.807) is 18.2 Å². The molecule has 5 nitrogen and oxygen atoms in total. The van der Waals surface area contributed by atoms with E-state index in [1.165, 1.54) is 31.2 Å². The van der Waals surface area contributed by atoms with Gasteiger partial charge in [0.05, 0.1) is 10.4 Å². The molecular weight excluding hydrogens is 314 g/mol. The van der Waals surface area contributed by atoms with Crippen LogP contribution < -0.4 is 0 Å². The van der Waals surface area contributed by atoms with Gasteiger partial charge in [-0.1, -0.05) is 18.2 Å². The first kappa shape index (κ1) is 17.3. The first-order valence-electron chi connectivity index (χ1n) is 7.26. The number of hydrogen-bond acceptors (Lipinski definition) is 5. The molecule has 1 aliphatic heterocycles. The maximum atomic E-state index is 12.6. The maximum absolute atomic E-state index is 12.6. The summed E-state index contributed by atoms with van der Waals surface area (Å²) in [7, 11) is -1.98. The van der Waals surface area contributed by atoms with E-state index in [1.807, 2.05) is 25.8 Å². The van der Waals surface area contributed by atoms with Gasteiger partial charge in [0.2, 0.25) is 9.84 Å². The highest BCUT2D eigenvalue weighted by molar-refractivity contribution is 7.96. The number of allylic oxidation sites excluding steroid dienone is 3. The number of benzene rings is 1. The lowest BCUT2D eigenvalue weighted by Gasteiger charge is -2.25. The quantitative estimate of drug-likeness (QED) is 0.791. The number of ketones is 1. The predicted molar refractivity (Wildman–Crippen MR) is 88.3 cm³/mol. The highest BCUT2D eigenvalue weighted by Gasteiger charge is 2.33. The molecule has 1 saturated heterocycles. The summed E-state index contributed by atoms with van der Waals surface area (Å²) in [5.74, 6) is 0.0302. The van der Waals surface area contributed by atoms with Crippen molar-refractivity contribution >= 4 is 15.6 Å². The Morgan fingerprint density at radius 1 is 1.26 bits per heavy atom. The van der Waals surface area contributed by atoms with Crippen molar-refractivity contribution in [1.82, 2.24) is 4.90 Å². The summed E-state index contributed by atoms with van der Waals surface area (Å²) in [4.78, 5) is 13.6. The summed E-state index contributed by atoms with van der Waals surface area (Å²) in [5.41, 5.74) is -0.172. The fourth-order valence-corrected chi connectivity index (χ4v) is 3.57. The standard InChI is InChI=1S/C17H21NO4S/c1-13(19)15(23(20,21)14-8-6-5-7-9-14)10-11-16-18(4)17(2,3)12-22-16/h5-11H,12H2,1-4H3. The van der Waals surface area contributed by atoms with Crippen LogP contribution in [0, 0.1) is 0 Å². The zero-order valence-corrected chi connectivity index (χ0v) is 14.6. The number of hydrogen-bond donors (Lipinski definition) is 0. The van der Waals surface area contributed by atoms with Crippen LogP contribution in [0.25, 0.3) is 0 Å². The molecule has 6 heteroatoms. The van der Waals surface area contributed by atoms with Crippen LogP contribution in [-0.4, -0.2) is 38.3 Å². The normalized spacial score (nSPS) is 19.7. The van der Waals surface area contributed by atoms with Crippen molar-refractivity contribution in [3.05, 3.63) is 53.3 Å². The average molecular weight is 335 g/mol. The van der Waals surface area contributed by atoms with Crippen LogP contribution in [0.4, 0.5) is 0 Å². The zero-order valence-electron chi connectivity index (χ0n) is 13.7. The zero-order chi connectivity index (χ0) is 17.3. The number of carbonyl (C=O) groups excluding carboxylic acids is 1. The fraction of sp³-hybridized carbons (Fsp3) is 0.353. The first-order chi connectivity index (χ1) is 10.7. The molecule has 2 rings (SSSR count). The Hall–Kier alpha value is -2.08. The summed E-state index contributed by atoms with van der Waals surface area (Å²) in [5, 5.41) is 0. The molecule has 1 aromatic rings. The molecule has 0 radical (unpaired) electrons. The number of ether oxygens (including phenoxy) is 1. The molecule has 1 fully saturated rings. The molecule has 0 atom stereocenters. The number of Topliss-reactive ketones (excluding diaryl/α,β-unsaturated/α-hetero) is 1. The largest absolute Gasteiger partial charge is 0.477 e. The predicted octanol–water partition coefficient (Wildman–Crippen LogP) is 2.52. The van der Waals surface area contributed by atoms with Crippen LogP contribution in [0.3, 0.4) is 0 Å². The van der Waals surface area contributed by atoms with Crippen LogP contribution in [0.15, 0.2) is 58.2 Å². The lowest BCUT2D eigenvalue weighted by molar-refractivity contribution is -0.113. The Balaban J connectivity index is 2.43. The van der Waals surface area contributed by atoms with E-state index in [9.17, 15) is 13.2 Å². The minimum absolute atomic E-state index is 0.0980. The average Bonchev–Trinajstić information content (AvgIpc) is 2.74. The van der Waals surface area contributed by atoms with Gasteiger partial charge in [0.1, 0.15) is 11.5 Å². The van der Waals surface area contributed by atoms with Crippen LogP contribution in [-0.2, 0) is 19.4 Å². The van der Waals surface area contributed by atoms with Gasteiger partial charge in [-0.05, 0) is 45.1 Å². The highest BCUT2D eigenvalue weighted by Crippen LogP contribution is 2.28. The molecule has 1 heterocycles. The molecule has 0 aliphatic carbocycles. The third kappa shape index (κ3) is 3.47. The van der Waals surface area contributed by atoms with Crippen molar-refractivity contribution in [3.8, 4) is 0 Å². The summed E-state index contributed by atoms with van der Waals surface area (Å²) < 4.78 is 30.8. The third-order valence-electron chi connectivity index (χ3n) is 3.88. The monoisotopic (exact) mass is 335 g/mol. The van der Waals surface area contributed by atoms with Crippen molar-refractivity contribution in [2.75, 3.05) is 13.7 Å². The van der Waals surface area contributed by atoms with Crippen LogP contribution in [0.2, 0.25) is 0 Å². The van der Waals surface area contributed by atoms with Crippen LogP contribution >= 0.6 is 0 Å². The second-order valence-electron chi connectivity index (χ2n) is 6.07. The minimum atomic E-state index is -3.85. The molecule has 0 saturated carbocycles. The van der Waals surface area contributed by atoms with Crippen molar-refractivity contribution in [2.45, 2.75) is 31.2 Å². The van der Waals surface area contributed by atoms with E-state index in [-0.39, 0.29) is 15.3 Å². The SMILES string of the molecule is CC(=O)C(=CC=C1OCC(C)(C)N1C)S(=O)(=O)c1ccccc1. The Bertz CT molecular complexity index is 761. The van der Waals surface area contributed by atoms with E-state index in [4.69, 9.17) is 4.74 Å². The number of sulfone groups is 1. The summed E-state index contributed by atoms with van der Waals surface area (Å²) >= 11 is 0. The van der Waals surface area contributed by atoms with Crippen molar-refractivity contribution in [1.29, 1.82) is 0 Å². The van der Waals surface area contributed by atoms with Gasteiger partial charge in [0, 0.05) is 7.05 Å². The molecule has 0 bridgehead atoms. The number of likely N-dealkylation sites (N-methyl/N-ethyl adjacent to an activating group) is 1. The molecule has 1 aliphatic rings. The molecule has 0 unspecified atom stereocenters. The maximum Gasteiger partial charge on any atom is 0.210 e. The Morgan fingerprint density at radius 2 is 1.87 bits per heavy atom. The Labute approximate surface area is 137 Å². The molecule has 1 aromatic carbocycles. The van der Waals surface area contributed by atoms with E-state index in [0.717, 1.165) is 0 Å². The van der Waals surface area contributed by atoms with E-state index in [2.05, 4.69) is 0 Å². The van der Waals surface area contributed by atoms with Crippen LogP contribution in [0.5, 0.6) is 0 Å². The summed E-state index contributed by atoms with van der Waals surface area (Å²) in [6.45, 7) is 5.78. The molecule has 0 aromatic heterocycles. The third-order valence-corrected chi connectivity index (χ3v) is 5.77. The number of rotatable bonds is 4. The highest BCUT2D eigenvalue weighted by atomic mass is 32.2. The van der Waals surface area contributed by atoms with Gasteiger partial charge in [-0.25, -0.2) is 8.42 Å². The lowest BCUT2D eigenvalue weighted by atomic mass is 10.1. The molecule has 0 N–H and O–H groups in total. The van der Waals surface area contributed by atoms with Crippen molar-refractivity contribution in [3.63, 3.8) is 0 Å². The second-order valence-corrected chi connectivity index (χ2v) is 7.99. The second kappa shape index (κ2) is 6.20. The molecule has 23 heavy (non-hydrogen) atoms. The molecule has 0 amide bonds. The number of carbonyl (C=O) groups is 1. The molecular formula is C17H21NO4S. The number of nitrogens with zero attached hydrogens (tertiary/aromatic N) is 1. The van der Waals surface area contributed by atoms with Crippen molar-refractivity contribution < 1.29 is 17.9 Å². The van der Waals surface area contributed by atoms with Gasteiger partial charge < -0.3 is 9.64 Å². The van der Waals surface area contributed by atoms with E-state index in [0.29, 0.717) is 12.5 Å². The van der Waals surface area contributed by atoms with Gasteiger partial charge in [-0.2, -0.15) is 0 Å². The Morgan fingerprint density at radius 3 is 2.35 bits per heavy atom. The Kier molecular flexibility index (Phi) is 4.66. The van der Waals surface area contributed by atoms with Gasteiger partial charge in [0.15, 0.2) is 11.7 Å². The lowest BCUT2D eigenvalue weighted by Crippen LogP contribution is -2.36. The molecule has 124 valence electrons. The summed E-state index contributed by atoms with van der Waals surface area (Å²) in [6.07, 6.45) is 2.85.